The highest BCUT2D eigenvalue weighted by molar-refractivity contribution is 9.10. The first kappa shape index (κ1) is 9.64. The number of nitrogens with two attached hydrogens (primary N) is 1. The molecule has 0 aliphatic carbocycles. The lowest BCUT2D eigenvalue weighted by Gasteiger charge is -2.09. The average molecular weight is 234 g/mol. The summed E-state index contributed by atoms with van der Waals surface area (Å²) in [5, 5.41) is 8.68. The van der Waals surface area contributed by atoms with E-state index < -0.39 is 11.9 Å². The molecule has 66 valence electrons. The van der Waals surface area contributed by atoms with E-state index in [1.165, 1.54) is 6.07 Å². The summed E-state index contributed by atoms with van der Waals surface area (Å²) >= 11 is 3.12. The molecule has 0 heterocycles. The Kier molecular flexibility index (Phi) is 3.20. The molecule has 0 amide bonds. The molecule has 2 nitrogen and oxygen atoms in total. The lowest BCUT2D eigenvalue weighted by Crippen LogP contribution is -2.15. The summed E-state index contributed by atoms with van der Waals surface area (Å²) < 4.78 is 13.7. The molecule has 1 aromatic rings. The van der Waals surface area contributed by atoms with Crippen LogP contribution in [-0.4, -0.2) is 11.7 Å². The van der Waals surface area contributed by atoms with Crippen LogP contribution < -0.4 is 5.73 Å². The van der Waals surface area contributed by atoms with Crippen molar-refractivity contribution in [1.82, 2.24) is 0 Å². The number of hydrogen-bond donors (Lipinski definition) is 2. The zero-order chi connectivity index (χ0) is 9.14. The van der Waals surface area contributed by atoms with Crippen LogP contribution in [0.25, 0.3) is 0 Å². The highest BCUT2D eigenvalue weighted by Gasteiger charge is 2.09. The quantitative estimate of drug-likeness (QED) is 0.815. The molecule has 3 N–H and O–H groups in total. The first-order valence-corrected chi connectivity index (χ1v) is 4.26. The zero-order valence-electron chi connectivity index (χ0n) is 6.30. The van der Waals surface area contributed by atoms with Gasteiger partial charge in [0, 0.05) is 10.0 Å². The molecule has 1 rings (SSSR count). The molecule has 0 bridgehead atoms. The Labute approximate surface area is 78.3 Å². The van der Waals surface area contributed by atoms with Crippen LogP contribution in [-0.2, 0) is 0 Å². The van der Waals surface area contributed by atoms with E-state index in [1.54, 1.807) is 12.1 Å². The normalized spacial score (nSPS) is 13.0. The van der Waals surface area contributed by atoms with Gasteiger partial charge in [0.2, 0.25) is 0 Å². The van der Waals surface area contributed by atoms with E-state index in [0.717, 1.165) is 0 Å². The summed E-state index contributed by atoms with van der Waals surface area (Å²) in [5.41, 5.74) is 5.77. The van der Waals surface area contributed by atoms with Crippen LogP contribution in [0, 0.1) is 5.82 Å². The minimum absolute atomic E-state index is 0.251. The molecule has 0 saturated carbocycles. The Morgan fingerprint density at radius 3 is 2.75 bits per heavy atom. The number of hydrogen-bond acceptors (Lipinski definition) is 2. The fourth-order valence-corrected chi connectivity index (χ4v) is 1.23. The Morgan fingerprint density at radius 1 is 1.58 bits per heavy atom. The third kappa shape index (κ3) is 2.03. The number of halogens is 2. The highest BCUT2D eigenvalue weighted by atomic mass is 79.9. The molecule has 0 saturated heterocycles. The Morgan fingerprint density at radius 2 is 2.25 bits per heavy atom. The topological polar surface area (TPSA) is 46.2 Å². The summed E-state index contributed by atoms with van der Waals surface area (Å²) in [6, 6.07) is 3.93. The molecule has 0 aliphatic heterocycles. The van der Waals surface area contributed by atoms with Crippen molar-refractivity contribution in [1.29, 1.82) is 0 Å². The van der Waals surface area contributed by atoms with Crippen molar-refractivity contribution in [3.63, 3.8) is 0 Å². The summed E-state index contributed by atoms with van der Waals surface area (Å²) in [4.78, 5) is 0. The summed E-state index contributed by atoms with van der Waals surface area (Å²) in [7, 11) is 0. The second-order valence-corrected chi connectivity index (χ2v) is 3.37. The van der Waals surface area contributed by atoms with E-state index in [0.29, 0.717) is 10.0 Å². The van der Waals surface area contributed by atoms with E-state index in [2.05, 4.69) is 15.9 Å². The van der Waals surface area contributed by atoms with Crippen LogP contribution in [0.2, 0.25) is 0 Å². The van der Waals surface area contributed by atoms with Crippen molar-refractivity contribution >= 4 is 15.9 Å². The van der Waals surface area contributed by atoms with E-state index in [1.807, 2.05) is 0 Å². The van der Waals surface area contributed by atoms with Crippen molar-refractivity contribution in [3.8, 4) is 0 Å². The second-order valence-electron chi connectivity index (χ2n) is 2.45. The minimum atomic E-state index is -0.641. The Balaban J connectivity index is 3.01. The molecule has 0 fully saturated rings. The van der Waals surface area contributed by atoms with Crippen LogP contribution in [0.5, 0.6) is 0 Å². The molecular weight excluding hydrogens is 225 g/mol. The Hall–Kier alpha value is -0.450. The van der Waals surface area contributed by atoms with Gasteiger partial charge in [-0.15, -0.1) is 0 Å². The predicted octanol–water partition coefficient (Wildman–Crippen LogP) is 1.58. The fraction of sp³-hybridized carbons (Fsp3) is 0.250. The molecule has 1 aromatic carbocycles. The number of rotatable bonds is 2. The van der Waals surface area contributed by atoms with Crippen LogP contribution in [0.15, 0.2) is 22.7 Å². The van der Waals surface area contributed by atoms with Crippen molar-refractivity contribution < 1.29 is 9.50 Å². The number of aliphatic hydroxyl groups excluding tert-OH is 1. The smallest absolute Gasteiger partial charge is 0.129 e. The van der Waals surface area contributed by atoms with Gasteiger partial charge in [0.25, 0.3) is 0 Å². The van der Waals surface area contributed by atoms with E-state index in [-0.39, 0.29) is 6.61 Å². The van der Waals surface area contributed by atoms with E-state index in [9.17, 15) is 4.39 Å². The molecule has 12 heavy (non-hydrogen) atoms. The maximum atomic E-state index is 13.1. The molecule has 4 heteroatoms. The molecular formula is C8H9BrFNO. The van der Waals surface area contributed by atoms with E-state index in [4.69, 9.17) is 10.8 Å². The lowest BCUT2D eigenvalue weighted by molar-refractivity contribution is 0.265. The number of aliphatic hydroxyl groups is 1. The summed E-state index contributed by atoms with van der Waals surface area (Å²) in [6.07, 6.45) is 0. The van der Waals surface area contributed by atoms with Crippen LogP contribution in [0.4, 0.5) is 4.39 Å². The van der Waals surface area contributed by atoms with Crippen LogP contribution in [0.3, 0.4) is 0 Å². The van der Waals surface area contributed by atoms with Gasteiger partial charge in [-0.2, -0.15) is 0 Å². The van der Waals surface area contributed by atoms with Gasteiger partial charge in [0.05, 0.1) is 12.6 Å². The van der Waals surface area contributed by atoms with Gasteiger partial charge in [0.1, 0.15) is 5.82 Å². The van der Waals surface area contributed by atoms with Gasteiger partial charge >= 0.3 is 0 Å². The van der Waals surface area contributed by atoms with Crippen molar-refractivity contribution in [2.24, 2.45) is 5.73 Å². The summed E-state index contributed by atoms with van der Waals surface area (Å²) in [5.74, 6) is -0.397. The highest BCUT2D eigenvalue weighted by Crippen LogP contribution is 2.19. The van der Waals surface area contributed by atoms with Crippen LogP contribution >= 0.6 is 15.9 Å². The monoisotopic (exact) mass is 233 g/mol. The molecule has 0 radical (unpaired) electrons. The third-order valence-electron chi connectivity index (χ3n) is 1.56. The lowest BCUT2D eigenvalue weighted by atomic mass is 10.1. The average Bonchev–Trinajstić information content (AvgIpc) is 2.03. The van der Waals surface area contributed by atoms with Crippen LogP contribution in [0.1, 0.15) is 11.6 Å². The van der Waals surface area contributed by atoms with Gasteiger partial charge in [-0.25, -0.2) is 4.39 Å². The second kappa shape index (κ2) is 3.98. The summed E-state index contributed by atoms with van der Waals surface area (Å²) in [6.45, 7) is -0.251. The zero-order valence-corrected chi connectivity index (χ0v) is 7.88. The van der Waals surface area contributed by atoms with Gasteiger partial charge < -0.3 is 10.8 Å². The SMILES string of the molecule is N[C@H](CO)c1ccc(Br)cc1F. The van der Waals surface area contributed by atoms with Crippen molar-refractivity contribution in [3.05, 3.63) is 34.1 Å². The predicted molar refractivity (Wildman–Crippen MR) is 48.1 cm³/mol. The van der Waals surface area contributed by atoms with Gasteiger partial charge in [0.15, 0.2) is 0 Å². The largest absolute Gasteiger partial charge is 0.394 e. The fourth-order valence-electron chi connectivity index (χ4n) is 0.901. The molecule has 0 spiro atoms. The standard InChI is InChI=1S/C8H9BrFNO/c9-5-1-2-6(7(10)3-5)8(11)4-12/h1-3,8,12H,4,11H2/t8-/m1/s1. The first-order valence-electron chi connectivity index (χ1n) is 3.46. The maximum absolute atomic E-state index is 13.1. The third-order valence-corrected chi connectivity index (χ3v) is 2.05. The molecule has 0 aromatic heterocycles. The molecule has 0 unspecified atom stereocenters. The van der Waals surface area contributed by atoms with E-state index >= 15 is 0 Å². The number of benzene rings is 1. The minimum Gasteiger partial charge on any atom is -0.394 e. The van der Waals surface area contributed by atoms with Gasteiger partial charge in [-0.1, -0.05) is 22.0 Å². The molecule has 0 aliphatic rings. The van der Waals surface area contributed by atoms with Crippen molar-refractivity contribution in [2.75, 3.05) is 6.61 Å². The first-order chi connectivity index (χ1) is 5.65. The Bertz CT molecular complexity index is 280. The van der Waals surface area contributed by atoms with Crippen molar-refractivity contribution in [2.45, 2.75) is 6.04 Å². The maximum Gasteiger partial charge on any atom is 0.129 e. The van der Waals surface area contributed by atoms with Gasteiger partial charge in [-0.3, -0.25) is 0 Å². The van der Waals surface area contributed by atoms with Gasteiger partial charge in [-0.05, 0) is 12.1 Å². The molecule has 1 atom stereocenters.